The maximum absolute atomic E-state index is 11.7. The van der Waals surface area contributed by atoms with Gasteiger partial charge in [0.1, 0.15) is 5.60 Å². The molecule has 3 unspecified atom stereocenters. The van der Waals surface area contributed by atoms with Crippen LogP contribution in [0.3, 0.4) is 0 Å². The summed E-state index contributed by atoms with van der Waals surface area (Å²) in [4.78, 5) is 11.7. The predicted molar refractivity (Wildman–Crippen MR) is 84.3 cm³/mol. The number of hydrogen-bond donors (Lipinski definition) is 2. The van der Waals surface area contributed by atoms with Gasteiger partial charge in [-0.2, -0.15) is 0 Å². The van der Waals surface area contributed by atoms with E-state index >= 15 is 0 Å². The van der Waals surface area contributed by atoms with Crippen LogP contribution >= 0.6 is 0 Å². The van der Waals surface area contributed by atoms with Gasteiger partial charge in [0.25, 0.3) is 0 Å². The molecule has 0 bridgehead atoms. The van der Waals surface area contributed by atoms with E-state index in [1.165, 1.54) is 11.1 Å². The highest BCUT2D eigenvalue weighted by Crippen LogP contribution is 2.26. The number of carbonyl (C=O) groups excluding carboxylic acids is 1. The SMILES string of the molecule is Cc1ccc(C(C)NC2CC2NC(=O)OC(C)(C)C)cc1. The Bertz CT molecular complexity index is 491. The van der Waals surface area contributed by atoms with E-state index in [0.29, 0.717) is 6.04 Å². The molecule has 0 aromatic heterocycles. The molecule has 1 aliphatic carbocycles. The highest BCUT2D eigenvalue weighted by atomic mass is 16.6. The first-order chi connectivity index (χ1) is 9.74. The zero-order valence-corrected chi connectivity index (χ0v) is 13.6. The highest BCUT2D eigenvalue weighted by Gasteiger charge is 2.39. The quantitative estimate of drug-likeness (QED) is 0.894. The van der Waals surface area contributed by atoms with Crippen molar-refractivity contribution < 1.29 is 9.53 Å². The Labute approximate surface area is 127 Å². The van der Waals surface area contributed by atoms with Gasteiger partial charge in [0, 0.05) is 18.1 Å². The lowest BCUT2D eigenvalue weighted by atomic mass is 10.1. The second-order valence-corrected chi connectivity index (χ2v) is 6.89. The summed E-state index contributed by atoms with van der Waals surface area (Å²) in [6, 6.07) is 9.31. The molecule has 4 heteroatoms. The molecule has 3 atom stereocenters. The molecule has 1 saturated carbocycles. The zero-order valence-electron chi connectivity index (χ0n) is 13.6. The topological polar surface area (TPSA) is 50.4 Å². The van der Waals surface area contributed by atoms with E-state index in [1.54, 1.807) is 0 Å². The second kappa shape index (κ2) is 6.06. The van der Waals surface area contributed by atoms with Crippen LogP contribution < -0.4 is 10.6 Å². The fourth-order valence-electron chi connectivity index (χ4n) is 2.27. The molecule has 0 spiro atoms. The van der Waals surface area contributed by atoms with Crippen molar-refractivity contribution >= 4 is 6.09 Å². The molecule has 0 heterocycles. The minimum Gasteiger partial charge on any atom is -0.444 e. The van der Waals surface area contributed by atoms with Crippen LogP contribution in [0, 0.1) is 6.92 Å². The van der Waals surface area contributed by atoms with Crippen molar-refractivity contribution in [3.63, 3.8) is 0 Å². The van der Waals surface area contributed by atoms with Crippen molar-refractivity contribution in [1.82, 2.24) is 10.6 Å². The van der Waals surface area contributed by atoms with Crippen LogP contribution in [-0.4, -0.2) is 23.8 Å². The van der Waals surface area contributed by atoms with Crippen LogP contribution in [0.1, 0.15) is 51.3 Å². The standard InChI is InChI=1S/C17H26N2O2/c1-11-6-8-13(9-7-11)12(2)18-14-10-15(14)19-16(20)21-17(3,4)5/h6-9,12,14-15,18H,10H2,1-5H3,(H,19,20). The van der Waals surface area contributed by atoms with E-state index in [4.69, 9.17) is 4.74 Å². The van der Waals surface area contributed by atoms with E-state index in [9.17, 15) is 4.79 Å². The van der Waals surface area contributed by atoms with Gasteiger partial charge in [-0.15, -0.1) is 0 Å². The number of aryl methyl sites for hydroxylation is 1. The number of ether oxygens (including phenoxy) is 1. The molecule has 0 radical (unpaired) electrons. The Kier molecular flexibility index (Phi) is 4.57. The molecule has 4 nitrogen and oxygen atoms in total. The fourth-order valence-corrected chi connectivity index (χ4v) is 2.27. The summed E-state index contributed by atoms with van der Waals surface area (Å²) in [6.45, 7) is 9.84. The number of nitrogens with one attached hydrogen (secondary N) is 2. The van der Waals surface area contributed by atoms with Crippen molar-refractivity contribution in [2.75, 3.05) is 0 Å². The number of benzene rings is 1. The molecule has 1 aromatic rings. The lowest BCUT2D eigenvalue weighted by Crippen LogP contribution is -2.37. The van der Waals surface area contributed by atoms with Gasteiger partial charge in [-0.3, -0.25) is 0 Å². The van der Waals surface area contributed by atoms with Gasteiger partial charge >= 0.3 is 6.09 Å². The Hall–Kier alpha value is -1.55. The van der Waals surface area contributed by atoms with Crippen LogP contribution in [0.4, 0.5) is 4.79 Å². The zero-order chi connectivity index (χ0) is 15.6. The van der Waals surface area contributed by atoms with Crippen molar-refractivity contribution in [3.8, 4) is 0 Å². The molecule has 0 aliphatic heterocycles. The molecule has 1 amide bonds. The van der Waals surface area contributed by atoms with Gasteiger partial charge in [0.05, 0.1) is 0 Å². The number of carbonyl (C=O) groups is 1. The van der Waals surface area contributed by atoms with Crippen LogP contribution in [0.15, 0.2) is 24.3 Å². The number of amides is 1. The highest BCUT2D eigenvalue weighted by molar-refractivity contribution is 5.68. The van der Waals surface area contributed by atoms with Crippen molar-refractivity contribution in [3.05, 3.63) is 35.4 Å². The Morgan fingerprint density at radius 1 is 1.24 bits per heavy atom. The number of rotatable bonds is 4. The maximum atomic E-state index is 11.7. The van der Waals surface area contributed by atoms with Gasteiger partial charge in [0.2, 0.25) is 0 Å². The van der Waals surface area contributed by atoms with Crippen molar-refractivity contribution in [2.45, 2.75) is 64.8 Å². The largest absolute Gasteiger partial charge is 0.444 e. The van der Waals surface area contributed by atoms with Gasteiger partial charge in [0.15, 0.2) is 0 Å². The van der Waals surface area contributed by atoms with E-state index in [1.807, 2.05) is 20.8 Å². The van der Waals surface area contributed by atoms with Crippen LogP contribution in [0.5, 0.6) is 0 Å². The summed E-state index contributed by atoms with van der Waals surface area (Å²) in [5.41, 5.74) is 2.09. The molecular weight excluding hydrogens is 264 g/mol. The third kappa shape index (κ3) is 5.05. The molecule has 0 saturated heterocycles. The summed E-state index contributed by atoms with van der Waals surface area (Å²) >= 11 is 0. The molecule has 1 fully saturated rings. The Morgan fingerprint density at radius 2 is 1.86 bits per heavy atom. The van der Waals surface area contributed by atoms with Gasteiger partial charge in [-0.1, -0.05) is 29.8 Å². The first kappa shape index (κ1) is 15.8. The van der Waals surface area contributed by atoms with E-state index < -0.39 is 5.60 Å². The lowest BCUT2D eigenvalue weighted by Gasteiger charge is -2.20. The first-order valence-electron chi connectivity index (χ1n) is 7.57. The fraction of sp³-hybridized carbons (Fsp3) is 0.588. The average Bonchev–Trinajstić information content (AvgIpc) is 3.05. The first-order valence-corrected chi connectivity index (χ1v) is 7.57. The number of hydrogen-bond acceptors (Lipinski definition) is 3. The molecular formula is C17H26N2O2. The van der Waals surface area contributed by atoms with E-state index in [2.05, 4.69) is 48.7 Å². The average molecular weight is 290 g/mol. The molecule has 1 aliphatic rings. The van der Waals surface area contributed by atoms with Gasteiger partial charge in [-0.05, 0) is 46.6 Å². The monoisotopic (exact) mass is 290 g/mol. The third-order valence-electron chi connectivity index (χ3n) is 3.53. The molecule has 21 heavy (non-hydrogen) atoms. The lowest BCUT2D eigenvalue weighted by molar-refractivity contribution is 0.0522. The van der Waals surface area contributed by atoms with Gasteiger partial charge in [-0.25, -0.2) is 4.79 Å². The van der Waals surface area contributed by atoms with Gasteiger partial charge < -0.3 is 15.4 Å². The summed E-state index contributed by atoms with van der Waals surface area (Å²) < 4.78 is 5.26. The Morgan fingerprint density at radius 3 is 2.43 bits per heavy atom. The van der Waals surface area contributed by atoms with Crippen molar-refractivity contribution in [1.29, 1.82) is 0 Å². The minimum atomic E-state index is -0.447. The summed E-state index contributed by atoms with van der Waals surface area (Å²) in [7, 11) is 0. The summed E-state index contributed by atoms with van der Waals surface area (Å²) in [6.07, 6.45) is 0.620. The molecule has 2 N–H and O–H groups in total. The van der Waals surface area contributed by atoms with Crippen molar-refractivity contribution in [2.24, 2.45) is 0 Å². The summed E-state index contributed by atoms with van der Waals surface area (Å²) in [5.74, 6) is 0. The predicted octanol–water partition coefficient (Wildman–Crippen LogP) is 3.31. The molecule has 2 rings (SSSR count). The van der Waals surface area contributed by atoms with Crippen LogP contribution in [0.25, 0.3) is 0 Å². The Balaban J connectivity index is 1.76. The summed E-state index contributed by atoms with van der Waals surface area (Å²) in [5, 5.41) is 6.44. The van der Waals surface area contributed by atoms with Crippen LogP contribution in [0.2, 0.25) is 0 Å². The smallest absolute Gasteiger partial charge is 0.407 e. The molecule has 116 valence electrons. The maximum Gasteiger partial charge on any atom is 0.407 e. The van der Waals surface area contributed by atoms with E-state index in [0.717, 1.165) is 6.42 Å². The number of alkyl carbamates (subject to hydrolysis) is 1. The molecule has 1 aromatic carbocycles. The third-order valence-corrected chi connectivity index (χ3v) is 3.53. The van der Waals surface area contributed by atoms with Crippen LogP contribution in [-0.2, 0) is 4.74 Å². The van der Waals surface area contributed by atoms with E-state index in [-0.39, 0.29) is 18.2 Å². The normalized spacial score (nSPS) is 22.5. The minimum absolute atomic E-state index is 0.174. The second-order valence-electron chi connectivity index (χ2n) is 6.89.